The van der Waals surface area contributed by atoms with Crippen LogP contribution in [0.5, 0.6) is 0 Å². The quantitative estimate of drug-likeness (QED) is 0.544. The molecule has 0 saturated carbocycles. The van der Waals surface area contributed by atoms with Crippen molar-refractivity contribution in [3.05, 3.63) is 82.4 Å². The zero-order valence-electron chi connectivity index (χ0n) is 16.3. The van der Waals surface area contributed by atoms with E-state index in [1.165, 1.54) is 5.56 Å². The number of aldehydes is 1. The number of carbonyl (C=O) groups is 1. The molecule has 0 unspecified atom stereocenters. The second-order valence-electron chi connectivity index (χ2n) is 7.49. The molecule has 0 bridgehead atoms. The lowest BCUT2D eigenvalue weighted by molar-refractivity contribution is 0.112. The summed E-state index contributed by atoms with van der Waals surface area (Å²) in [7, 11) is 0. The van der Waals surface area contributed by atoms with Gasteiger partial charge in [0.05, 0.1) is 13.2 Å². The second-order valence-corrected chi connectivity index (χ2v) is 7.49. The molecule has 3 rings (SSSR count). The van der Waals surface area contributed by atoms with Crippen molar-refractivity contribution in [3.8, 4) is 0 Å². The van der Waals surface area contributed by atoms with E-state index < -0.39 is 0 Å². The molecule has 0 atom stereocenters. The van der Waals surface area contributed by atoms with Crippen LogP contribution < -0.4 is 0 Å². The number of allylic oxidation sites excluding steroid dienone is 2. The van der Waals surface area contributed by atoms with E-state index in [1.54, 1.807) is 6.07 Å². The fourth-order valence-electron chi connectivity index (χ4n) is 3.87. The standard InChI is InChI=1S/C24H29NO3/c26-16-22-14-24(18-28)23(17-27)13-21(22)8-4-7-19-9-11-25(12-10-19)15-20-5-2-1-3-6-20/h1-7,13-14,16,19,27-28H,8-12,15,17-18H2/b7-4-. The Morgan fingerprint density at radius 2 is 1.64 bits per heavy atom. The van der Waals surface area contributed by atoms with Gasteiger partial charge in [-0.15, -0.1) is 0 Å². The SMILES string of the molecule is O=Cc1cc(CO)c(CO)cc1C/C=C\C1CCN(Cc2ccccc2)CC1. The monoisotopic (exact) mass is 379 g/mol. The van der Waals surface area contributed by atoms with Crippen molar-refractivity contribution in [2.75, 3.05) is 13.1 Å². The molecule has 1 aliphatic rings. The maximum atomic E-state index is 11.4. The fraction of sp³-hybridized carbons (Fsp3) is 0.375. The van der Waals surface area contributed by atoms with Crippen molar-refractivity contribution in [2.45, 2.75) is 39.0 Å². The van der Waals surface area contributed by atoms with Gasteiger partial charge in [0.2, 0.25) is 0 Å². The summed E-state index contributed by atoms with van der Waals surface area (Å²) in [5, 5.41) is 18.9. The summed E-state index contributed by atoms with van der Waals surface area (Å²) in [6.45, 7) is 2.91. The predicted molar refractivity (Wildman–Crippen MR) is 111 cm³/mol. The molecule has 0 aliphatic carbocycles. The Labute approximate surface area is 167 Å². The molecule has 1 heterocycles. The highest BCUT2D eigenvalue weighted by molar-refractivity contribution is 5.78. The molecular weight excluding hydrogens is 350 g/mol. The Bertz CT molecular complexity index is 793. The Morgan fingerprint density at radius 3 is 2.29 bits per heavy atom. The third kappa shape index (κ3) is 5.38. The van der Waals surface area contributed by atoms with E-state index in [4.69, 9.17) is 0 Å². The van der Waals surface area contributed by atoms with Gasteiger partial charge in [0.25, 0.3) is 0 Å². The summed E-state index contributed by atoms with van der Waals surface area (Å²) in [6.07, 6.45) is 8.19. The number of likely N-dealkylation sites (tertiary alicyclic amines) is 1. The van der Waals surface area contributed by atoms with Gasteiger partial charge in [-0.2, -0.15) is 0 Å². The second kappa shape index (κ2) is 10.3. The van der Waals surface area contributed by atoms with Gasteiger partial charge in [0, 0.05) is 12.1 Å². The van der Waals surface area contributed by atoms with Crippen LogP contribution in [-0.4, -0.2) is 34.5 Å². The zero-order valence-corrected chi connectivity index (χ0v) is 16.3. The number of aliphatic hydroxyl groups excluding tert-OH is 2. The van der Waals surface area contributed by atoms with E-state index in [2.05, 4.69) is 47.4 Å². The minimum Gasteiger partial charge on any atom is -0.392 e. The van der Waals surface area contributed by atoms with Gasteiger partial charge < -0.3 is 10.2 Å². The molecule has 0 spiro atoms. The number of hydrogen-bond acceptors (Lipinski definition) is 4. The Morgan fingerprint density at radius 1 is 0.964 bits per heavy atom. The van der Waals surface area contributed by atoms with Gasteiger partial charge in [-0.3, -0.25) is 9.69 Å². The molecule has 2 aromatic carbocycles. The fourth-order valence-corrected chi connectivity index (χ4v) is 3.87. The van der Waals surface area contributed by atoms with Crippen LogP contribution in [0.4, 0.5) is 0 Å². The van der Waals surface area contributed by atoms with Crippen LogP contribution in [0, 0.1) is 5.92 Å². The minimum atomic E-state index is -0.172. The van der Waals surface area contributed by atoms with Crippen LogP contribution in [0.25, 0.3) is 0 Å². The minimum absolute atomic E-state index is 0.133. The molecule has 1 saturated heterocycles. The summed E-state index contributed by atoms with van der Waals surface area (Å²) in [5.41, 5.74) is 4.15. The third-order valence-corrected chi connectivity index (χ3v) is 5.56. The molecule has 2 aromatic rings. The highest BCUT2D eigenvalue weighted by atomic mass is 16.3. The summed E-state index contributed by atoms with van der Waals surface area (Å²) in [5.74, 6) is 0.570. The Balaban J connectivity index is 1.54. The molecule has 2 N–H and O–H groups in total. The van der Waals surface area contributed by atoms with Crippen LogP contribution in [0.2, 0.25) is 0 Å². The lowest BCUT2D eigenvalue weighted by Crippen LogP contribution is -2.32. The number of aliphatic hydroxyl groups is 2. The molecule has 0 radical (unpaired) electrons. The van der Waals surface area contributed by atoms with Crippen molar-refractivity contribution in [1.82, 2.24) is 4.90 Å². The predicted octanol–water partition coefficient (Wildman–Crippen LogP) is 3.49. The van der Waals surface area contributed by atoms with Crippen molar-refractivity contribution < 1.29 is 15.0 Å². The van der Waals surface area contributed by atoms with E-state index in [-0.39, 0.29) is 13.2 Å². The van der Waals surface area contributed by atoms with Crippen LogP contribution in [0.15, 0.2) is 54.6 Å². The summed E-state index contributed by atoms with van der Waals surface area (Å²) in [6, 6.07) is 14.1. The molecule has 148 valence electrons. The number of carbonyl (C=O) groups excluding carboxylic acids is 1. The summed E-state index contributed by atoms with van der Waals surface area (Å²) >= 11 is 0. The molecule has 1 aliphatic heterocycles. The first kappa shape index (κ1) is 20.5. The lowest BCUT2D eigenvalue weighted by Gasteiger charge is -2.30. The van der Waals surface area contributed by atoms with Crippen LogP contribution in [0.3, 0.4) is 0 Å². The first-order chi connectivity index (χ1) is 13.7. The van der Waals surface area contributed by atoms with E-state index in [9.17, 15) is 15.0 Å². The van der Waals surface area contributed by atoms with Gasteiger partial charge in [-0.1, -0.05) is 48.6 Å². The highest BCUT2D eigenvalue weighted by Gasteiger charge is 2.17. The van der Waals surface area contributed by atoms with Crippen molar-refractivity contribution in [3.63, 3.8) is 0 Å². The Kier molecular flexibility index (Phi) is 7.54. The van der Waals surface area contributed by atoms with Crippen molar-refractivity contribution >= 4 is 6.29 Å². The normalized spacial score (nSPS) is 15.9. The largest absolute Gasteiger partial charge is 0.392 e. The summed E-state index contributed by atoms with van der Waals surface area (Å²) < 4.78 is 0. The van der Waals surface area contributed by atoms with E-state index >= 15 is 0 Å². The van der Waals surface area contributed by atoms with Gasteiger partial charge in [0.15, 0.2) is 0 Å². The first-order valence-electron chi connectivity index (χ1n) is 9.98. The molecule has 4 heteroatoms. The molecule has 4 nitrogen and oxygen atoms in total. The van der Waals surface area contributed by atoms with Crippen molar-refractivity contribution in [1.29, 1.82) is 0 Å². The number of piperidine rings is 1. The maximum absolute atomic E-state index is 11.4. The molecule has 1 fully saturated rings. The number of nitrogens with zero attached hydrogens (tertiary/aromatic N) is 1. The zero-order chi connectivity index (χ0) is 19.8. The smallest absolute Gasteiger partial charge is 0.150 e. The topological polar surface area (TPSA) is 60.8 Å². The number of rotatable bonds is 8. The van der Waals surface area contributed by atoms with E-state index in [0.717, 1.165) is 44.3 Å². The van der Waals surface area contributed by atoms with Gasteiger partial charge in [0.1, 0.15) is 6.29 Å². The van der Waals surface area contributed by atoms with Gasteiger partial charge in [-0.25, -0.2) is 0 Å². The lowest BCUT2D eigenvalue weighted by atomic mass is 9.94. The van der Waals surface area contributed by atoms with E-state index in [0.29, 0.717) is 29.0 Å². The molecular formula is C24H29NO3. The average Bonchev–Trinajstić information content (AvgIpc) is 2.75. The van der Waals surface area contributed by atoms with Gasteiger partial charge >= 0.3 is 0 Å². The summed E-state index contributed by atoms with van der Waals surface area (Å²) in [4.78, 5) is 13.9. The van der Waals surface area contributed by atoms with Crippen molar-refractivity contribution in [2.24, 2.45) is 5.92 Å². The number of hydrogen-bond donors (Lipinski definition) is 2. The van der Waals surface area contributed by atoms with Crippen LogP contribution in [-0.2, 0) is 26.2 Å². The highest BCUT2D eigenvalue weighted by Crippen LogP contribution is 2.22. The Hall–Kier alpha value is -2.27. The first-order valence-corrected chi connectivity index (χ1v) is 9.98. The molecule has 0 aromatic heterocycles. The molecule has 28 heavy (non-hydrogen) atoms. The number of benzene rings is 2. The third-order valence-electron chi connectivity index (χ3n) is 5.56. The van der Waals surface area contributed by atoms with Crippen LogP contribution >= 0.6 is 0 Å². The molecule has 0 amide bonds. The maximum Gasteiger partial charge on any atom is 0.150 e. The van der Waals surface area contributed by atoms with Crippen LogP contribution in [0.1, 0.15) is 45.5 Å². The van der Waals surface area contributed by atoms with E-state index in [1.807, 2.05) is 6.07 Å². The van der Waals surface area contributed by atoms with Gasteiger partial charge in [-0.05, 0) is 66.6 Å². The average molecular weight is 380 g/mol.